The summed E-state index contributed by atoms with van der Waals surface area (Å²) in [5, 5.41) is 0. The van der Waals surface area contributed by atoms with Gasteiger partial charge in [0.25, 0.3) is 0 Å². The third-order valence-electron chi connectivity index (χ3n) is 13.5. The topological polar surface area (TPSA) is 0 Å². The largest absolute Gasteiger partial charge is 0.103 e. The van der Waals surface area contributed by atoms with E-state index in [4.69, 9.17) is 0 Å². The molecule has 0 spiro atoms. The Balaban J connectivity index is 0.000000590. The first-order valence-electron chi connectivity index (χ1n) is 17.8. The minimum atomic E-state index is 0.545. The molecule has 10 atom stereocenters. The van der Waals surface area contributed by atoms with Crippen LogP contribution in [0.4, 0.5) is 0 Å². The maximum Gasteiger partial charge on any atom is -0.0145 e. The van der Waals surface area contributed by atoms with E-state index in [2.05, 4.69) is 81.5 Å². The maximum atomic E-state index is 4.48. The molecule has 0 aromatic carbocycles. The van der Waals surface area contributed by atoms with Gasteiger partial charge in [0.15, 0.2) is 0 Å². The molecule has 0 bridgehead atoms. The van der Waals surface area contributed by atoms with Crippen LogP contribution in [0.3, 0.4) is 0 Å². The van der Waals surface area contributed by atoms with Crippen LogP contribution in [-0.2, 0) is 0 Å². The van der Waals surface area contributed by atoms with Crippen LogP contribution in [0.25, 0.3) is 0 Å². The summed E-state index contributed by atoms with van der Waals surface area (Å²) in [5.74, 6) is 8.25. The predicted octanol–water partition coefficient (Wildman–Crippen LogP) is 12.8. The smallest absolute Gasteiger partial charge is 0.0145 e. The second kappa shape index (κ2) is 15.1. The highest BCUT2D eigenvalue weighted by atomic mass is 14.6. The van der Waals surface area contributed by atoms with Crippen molar-refractivity contribution in [3.8, 4) is 0 Å². The number of rotatable bonds is 8. The van der Waals surface area contributed by atoms with Crippen molar-refractivity contribution in [3.05, 3.63) is 24.8 Å². The molecule has 0 aliphatic heterocycles. The number of hydrogen-bond acceptors (Lipinski definition) is 0. The van der Waals surface area contributed by atoms with Gasteiger partial charge in [0.2, 0.25) is 0 Å². The Hall–Kier alpha value is -0.520. The summed E-state index contributed by atoms with van der Waals surface area (Å²) in [6.07, 6.45) is 20.0. The van der Waals surface area contributed by atoms with Gasteiger partial charge in [-0.3, -0.25) is 0 Å². The van der Waals surface area contributed by atoms with Crippen molar-refractivity contribution in [2.75, 3.05) is 0 Å². The number of allylic oxidation sites excluding steroid dienone is 2. The molecule has 0 saturated heterocycles. The predicted molar refractivity (Wildman–Crippen MR) is 177 cm³/mol. The zero-order chi connectivity index (χ0) is 29.5. The summed E-state index contributed by atoms with van der Waals surface area (Å²) in [6, 6.07) is 0. The summed E-state index contributed by atoms with van der Waals surface area (Å²) < 4.78 is 0. The van der Waals surface area contributed by atoms with E-state index in [1.54, 1.807) is 0 Å². The third kappa shape index (κ3) is 7.11. The zero-order valence-corrected chi connectivity index (χ0v) is 28.8. The molecule has 0 N–H and O–H groups in total. The van der Waals surface area contributed by atoms with E-state index in [0.717, 1.165) is 41.4 Å². The summed E-state index contributed by atoms with van der Waals surface area (Å²) in [6.45, 7) is 34.6. The monoisotopic (exact) mass is 541 g/mol. The van der Waals surface area contributed by atoms with E-state index < -0.39 is 0 Å². The summed E-state index contributed by atoms with van der Waals surface area (Å²) in [7, 11) is 0. The average molecular weight is 541 g/mol. The first kappa shape index (κ1) is 34.7. The Kier molecular flexibility index (Phi) is 13.4. The molecular formula is C39H72. The molecule has 0 heteroatoms. The lowest BCUT2D eigenvalue weighted by molar-refractivity contribution is -0.115. The Morgan fingerprint density at radius 2 is 1.41 bits per heavy atom. The molecule has 0 aromatic heterocycles. The minimum Gasteiger partial charge on any atom is -0.103 e. The quantitative estimate of drug-likeness (QED) is 0.268. The van der Waals surface area contributed by atoms with Gasteiger partial charge >= 0.3 is 0 Å². The van der Waals surface area contributed by atoms with E-state index in [9.17, 15) is 0 Å². The fraction of sp³-hybridized carbons (Fsp3) is 0.897. The molecule has 4 fully saturated rings. The molecule has 0 aromatic rings. The SMILES string of the molecule is C=CC(C(C)C(=C)C(C)C)C(C)C1CCC2C3CCC4CCCCC4(C)C3CCC12C.CC.CCC(C)CC. The molecule has 0 radical (unpaired) electrons. The lowest BCUT2D eigenvalue weighted by atomic mass is 9.44. The lowest BCUT2D eigenvalue weighted by Crippen LogP contribution is -2.53. The number of fused-ring (bicyclic) bond motifs is 5. The van der Waals surface area contributed by atoms with E-state index in [-0.39, 0.29) is 0 Å². The van der Waals surface area contributed by atoms with Crippen molar-refractivity contribution >= 4 is 0 Å². The number of hydrogen-bond donors (Lipinski definition) is 0. The van der Waals surface area contributed by atoms with Gasteiger partial charge in [0, 0.05) is 0 Å². The normalized spacial score (nSPS) is 37.6. The van der Waals surface area contributed by atoms with Crippen LogP contribution < -0.4 is 0 Å². The molecule has 4 saturated carbocycles. The van der Waals surface area contributed by atoms with E-state index in [0.29, 0.717) is 28.6 Å². The summed E-state index contributed by atoms with van der Waals surface area (Å²) >= 11 is 0. The van der Waals surface area contributed by atoms with Crippen molar-refractivity contribution in [1.29, 1.82) is 0 Å². The van der Waals surface area contributed by atoms with Gasteiger partial charge in [-0.2, -0.15) is 0 Å². The molecular weight excluding hydrogens is 468 g/mol. The average Bonchev–Trinajstić information content (AvgIpc) is 3.30. The van der Waals surface area contributed by atoms with Gasteiger partial charge in [0.1, 0.15) is 0 Å². The zero-order valence-electron chi connectivity index (χ0n) is 28.8. The molecule has 0 nitrogen and oxygen atoms in total. The van der Waals surface area contributed by atoms with Gasteiger partial charge in [0.05, 0.1) is 0 Å². The molecule has 0 amide bonds. The minimum absolute atomic E-state index is 0.545. The van der Waals surface area contributed by atoms with Crippen LogP contribution in [-0.4, -0.2) is 0 Å². The highest BCUT2D eigenvalue weighted by Crippen LogP contribution is 2.68. The first-order valence-corrected chi connectivity index (χ1v) is 17.8. The fourth-order valence-corrected chi connectivity index (χ4v) is 10.4. The summed E-state index contributed by atoms with van der Waals surface area (Å²) in [5.41, 5.74) is 2.64. The molecule has 10 unspecified atom stereocenters. The van der Waals surface area contributed by atoms with Gasteiger partial charge in [-0.25, -0.2) is 0 Å². The van der Waals surface area contributed by atoms with Crippen molar-refractivity contribution < 1.29 is 0 Å². The van der Waals surface area contributed by atoms with Gasteiger partial charge in [-0.15, -0.1) is 6.58 Å². The van der Waals surface area contributed by atoms with E-state index >= 15 is 0 Å². The van der Waals surface area contributed by atoms with Crippen LogP contribution in [0.1, 0.15) is 153 Å². The Morgan fingerprint density at radius 3 is 1.95 bits per heavy atom. The molecule has 4 aliphatic rings. The Bertz CT molecular complexity index is 741. The van der Waals surface area contributed by atoms with Gasteiger partial charge in [-0.1, -0.05) is 120 Å². The lowest BCUT2D eigenvalue weighted by Gasteiger charge is -2.61. The van der Waals surface area contributed by atoms with Gasteiger partial charge < -0.3 is 0 Å². The molecule has 0 heterocycles. The second-order valence-electron chi connectivity index (χ2n) is 15.2. The van der Waals surface area contributed by atoms with Crippen molar-refractivity contribution in [1.82, 2.24) is 0 Å². The Labute approximate surface area is 247 Å². The van der Waals surface area contributed by atoms with Crippen LogP contribution in [0.5, 0.6) is 0 Å². The van der Waals surface area contributed by atoms with Crippen molar-refractivity contribution in [2.24, 2.45) is 70.0 Å². The molecule has 228 valence electrons. The Morgan fingerprint density at radius 1 is 0.795 bits per heavy atom. The third-order valence-corrected chi connectivity index (χ3v) is 13.5. The molecule has 4 aliphatic carbocycles. The summed E-state index contributed by atoms with van der Waals surface area (Å²) in [4.78, 5) is 0. The van der Waals surface area contributed by atoms with Crippen LogP contribution in [0, 0.1) is 70.0 Å². The van der Waals surface area contributed by atoms with Gasteiger partial charge in [-0.05, 0) is 121 Å². The van der Waals surface area contributed by atoms with Crippen molar-refractivity contribution in [2.45, 2.75) is 153 Å². The van der Waals surface area contributed by atoms with Crippen LogP contribution in [0.2, 0.25) is 0 Å². The van der Waals surface area contributed by atoms with E-state index in [1.165, 1.54) is 82.6 Å². The molecule has 39 heavy (non-hydrogen) atoms. The molecule has 4 rings (SSSR count). The first-order chi connectivity index (χ1) is 18.5. The highest BCUT2D eigenvalue weighted by Gasteiger charge is 2.60. The maximum absolute atomic E-state index is 4.48. The van der Waals surface area contributed by atoms with Crippen molar-refractivity contribution in [3.63, 3.8) is 0 Å². The second-order valence-corrected chi connectivity index (χ2v) is 15.2. The fourth-order valence-electron chi connectivity index (χ4n) is 10.4. The highest BCUT2D eigenvalue weighted by molar-refractivity contribution is 5.13. The standard InChI is InChI=1S/C31H52.C6H14.C2H6/c1-9-25(22(5)21(4)20(2)3)23(6)27-15-16-28-26-14-13-24-12-10-11-18-30(24,7)29(26)17-19-31(27,28)8;1-4-6(3)5-2;1-2/h9,20,22-29H,1,4,10-19H2,2-3,5-8H3;6H,4-5H2,1-3H3;1-2H3. The van der Waals surface area contributed by atoms with Crippen LogP contribution >= 0.6 is 0 Å². The van der Waals surface area contributed by atoms with E-state index in [1.807, 2.05) is 13.8 Å². The van der Waals surface area contributed by atoms with Crippen LogP contribution in [0.15, 0.2) is 24.8 Å².